The Morgan fingerprint density at radius 2 is 2.07 bits per heavy atom. The van der Waals surface area contributed by atoms with E-state index in [1.54, 1.807) is 10.9 Å². The molecule has 1 atom stereocenters. The van der Waals surface area contributed by atoms with Crippen LogP contribution in [0.25, 0.3) is 0 Å². The molecule has 1 aliphatic rings. The molecule has 1 fully saturated rings. The first-order valence-electron chi connectivity index (χ1n) is 9.78. The highest BCUT2D eigenvalue weighted by Gasteiger charge is 2.28. The summed E-state index contributed by atoms with van der Waals surface area (Å²) in [4.78, 5) is 26.3. The van der Waals surface area contributed by atoms with Gasteiger partial charge in [0.2, 0.25) is 0 Å². The van der Waals surface area contributed by atoms with Crippen LogP contribution in [0, 0.1) is 13.8 Å². The van der Waals surface area contributed by atoms with Gasteiger partial charge in [-0.2, -0.15) is 5.10 Å². The minimum absolute atomic E-state index is 0.00185. The lowest BCUT2D eigenvalue weighted by Crippen LogP contribution is -2.37. The van der Waals surface area contributed by atoms with E-state index in [1.165, 1.54) is 0 Å². The number of piperidine rings is 1. The molecule has 148 valence electrons. The zero-order chi connectivity index (χ0) is 19.6. The molecule has 1 aliphatic heterocycles. The highest BCUT2D eigenvalue weighted by Crippen LogP contribution is 2.29. The Labute approximate surface area is 160 Å². The van der Waals surface area contributed by atoms with Crippen LogP contribution in [0.3, 0.4) is 0 Å². The van der Waals surface area contributed by atoms with Crippen LogP contribution in [-0.4, -0.2) is 62.9 Å². The highest BCUT2D eigenvalue weighted by molar-refractivity contribution is 5.44. The van der Waals surface area contributed by atoms with Gasteiger partial charge in [-0.15, -0.1) is 0 Å². The molecule has 8 nitrogen and oxygen atoms in total. The molecule has 3 rings (SSSR count). The molecule has 2 aromatic rings. The summed E-state index contributed by atoms with van der Waals surface area (Å²) in [6.07, 6.45) is 3.91. The molecule has 0 unspecified atom stereocenters. The smallest absolute Gasteiger partial charge is 0.345 e. The van der Waals surface area contributed by atoms with Gasteiger partial charge in [0.05, 0.1) is 17.9 Å². The normalized spacial score (nSPS) is 17.7. The van der Waals surface area contributed by atoms with Crippen molar-refractivity contribution in [2.45, 2.75) is 52.6 Å². The Morgan fingerprint density at radius 1 is 1.30 bits per heavy atom. The molecule has 27 heavy (non-hydrogen) atoms. The number of aryl methyl sites for hydroxylation is 2. The molecule has 0 radical (unpaired) electrons. The Morgan fingerprint density at radius 3 is 2.78 bits per heavy atom. The van der Waals surface area contributed by atoms with Crippen molar-refractivity contribution in [3.05, 3.63) is 33.9 Å². The van der Waals surface area contributed by atoms with E-state index in [9.17, 15) is 4.79 Å². The lowest BCUT2D eigenvalue weighted by atomic mass is 9.97. The summed E-state index contributed by atoms with van der Waals surface area (Å²) in [6, 6.07) is 0. The minimum Gasteiger partial charge on any atom is -0.354 e. The first-order chi connectivity index (χ1) is 12.9. The van der Waals surface area contributed by atoms with Crippen LogP contribution in [0.5, 0.6) is 0 Å². The van der Waals surface area contributed by atoms with Crippen molar-refractivity contribution in [1.29, 1.82) is 0 Å². The SMILES string of the molecule is CCn1c([C@@H]2CCCN(c3nc(C)cnc3C)C2)nn(CCN(C)C)c1=O. The molecule has 0 spiro atoms. The van der Waals surface area contributed by atoms with Crippen LogP contribution in [0.1, 0.15) is 42.9 Å². The summed E-state index contributed by atoms with van der Waals surface area (Å²) in [5.41, 5.74) is 1.87. The summed E-state index contributed by atoms with van der Waals surface area (Å²) in [5.74, 6) is 2.09. The standard InChI is InChI=1S/C19H31N7O/c1-6-25-18(22-26(19(25)27)11-10-23(4)5)16-8-7-9-24(13-16)17-15(3)20-12-14(2)21-17/h12,16H,6-11,13H2,1-5H3/t16-/m1/s1. The Bertz CT molecular complexity index is 839. The van der Waals surface area contributed by atoms with Gasteiger partial charge in [0, 0.05) is 38.3 Å². The zero-order valence-electron chi connectivity index (χ0n) is 17.1. The number of aromatic nitrogens is 5. The Kier molecular flexibility index (Phi) is 5.94. The third-order valence-electron chi connectivity index (χ3n) is 5.16. The summed E-state index contributed by atoms with van der Waals surface area (Å²) < 4.78 is 3.45. The number of rotatable bonds is 6. The number of likely N-dealkylation sites (N-methyl/N-ethyl adjacent to an activating group) is 1. The first-order valence-corrected chi connectivity index (χ1v) is 9.78. The van der Waals surface area contributed by atoms with Crippen LogP contribution in [0.2, 0.25) is 0 Å². The van der Waals surface area contributed by atoms with E-state index in [4.69, 9.17) is 10.1 Å². The maximum atomic E-state index is 12.7. The third kappa shape index (κ3) is 4.21. The van der Waals surface area contributed by atoms with E-state index >= 15 is 0 Å². The number of hydrogen-bond donors (Lipinski definition) is 0. The van der Waals surface area contributed by atoms with Crippen molar-refractivity contribution < 1.29 is 0 Å². The van der Waals surface area contributed by atoms with Gasteiger partial charge >= 0.3 is 5.69 Å². The molecule has 0 N–H and O–H groups in total. The average molecular weight is 374 g/mol. The van der Waals surface area contributed by atoms with E-state index in [2.05, 4.69) is 14.8 Å². The first kappa shape index (κ1) is 19.5. The molecule has 3 heterocycles. The van der Waals surface area contributed by atoms with Crippen molar-refractivity contribution in [3.8, 4) is 0 Å². The predicted molar refractivity (Wildman–Crippen MR) is 106 cm³/mol. The second-order valence-corrected chi connectivity index (χ2v) is 7.62. The van der Waals surface area contributed by atoms with Crippen LogP contribution in [0.15, 0.2) is 11.0 Å². The zero-order valence-corrected chi connectivity index (χ0v) is 17.1. The van der Waals surface area contributed by atoms with E-state index in [0.29, 0.717) is 13.1 Å². The number of nitrogens with zero attached hydrogens (tertiary/aromatic N) is 7. The van der Waals surface area contributed by atoms with Crippen molar-refractivity contribution in [2.24, 2.45) is 0 Å². The molecule has 2 aromatic heterocycles. The van der Waals surface area contributed by atoms with E-state index in [1.807, 2.05) is 39.4 Å². The van der Waals surface area contributed by atoms with Crippen LogP contribution in [-0.2, 0) is 13.1 Å². The highest BCUT2D eigenvalue weighted by atomic mass is 16.2. The summed E-state index contributed by atoms with van der Waals surface area (Å²) in [6.45, 7) is 9.84. The van der Waals surface area contributed by atoms with E-state index < -0.39 is 0 Å². The minimum atomic E-state index is -0.00185. The van der Waals surface area contributed by atoms with Gasteiger partial charge < -0.3 is 9.80 Å². The fourth-order valence-corrected chi connectivity index (χ4v) is 3.70. The predicted octanol–water partition coefficient (Wildman–Crippen LogP) is 1.42. The fraction of sp³-hybridized carbons (Fsp3) is 0.684. The second-order valence-electron chi connectivity index (χ2n) is 7.62. The maximum Gasteiger partial charge on any atom is 0.345 e. The van der Waals surface area contributed by atoms with Gasteiger partial charge in [0.15, 0.2) is 0 Å². The van der Waals surface area contributed by atoms with Crippen molar-refractivity contribution in [1.82, 2.24) is 29.2 Å². The van der Waals surface area contributed by atoms with E-state index in [0.717, 1.165) is 55.5 Å². The Balaban J connectivity index is 1.86. The molecule has 0 bridgehead atoms. The van der Waals surface area contributed by atoms with Gasteiger partial charge in [-0.3, -0.25) is 9.55 Å². The lowest BCUT2D eigenvalue weighted by Gasteiger charge is -2.33. The molecule has 0 aromatic carbocycles. The summed E-state index contributed by atoms with van der Waals surface area (Å²) >= 11 is 0. The average Bonchev–Trinajstić information content (AvgIpc) is 2.97. The van der Waals surface area contributed by atoms with Crippen molar-refractivity contribution >= 4 is 5.82 Å². The summed E-state index contributed by atoms with van der Waals surface area (Å²) in [7, 11) is 4.01. The van der Waals surface area contributed by atoms with Crippen LogP contribution in [0.4, 0.5) is 5.82 Å². The molecule has 8 heteroatoms. The molecular weight excluding hydrogens is 342 g/mol. The van der Waals surface area contributed by atoms with Gasteiger partial charge in [0.1, 0.15) is 11.6 Å². The van der Waals surface area contributed by atoms with Gasteiger partial charge in [-0.25, -0.2) is 14.5 Å². The second kappa shape index (κ2) is 8.21. The van der Waals surface area contributed by atoms with Gasteiger partial charge in [0.25, 0.3) is 0 Å². The molecule has 0 aliphatic carbocycles. The molecule has 0 saturated carbocycles. The Hall–Kier alpha value is -2.22. The van der Waals surface area contributed by atoms with Crippen LogP contribution < -0.4 is 10.6 Å². The van der Waals surface area contributed by atoms with Gasteiger partial charge in [-0.1, -0.05) is 0 Å². The fourth-order valence-electron chi connectivity index (χ4n) is 3.70. The number of anilines is 1. The maximum absolute atomic E-state index is 12.7. The monoisotopic (exact) mass is 373 g/mol. The summed E-state index contributed by atoms with van der Waals surface area (Å²) in [5, 5.41) is 4.72. The van der Waals surface area contributed by atoms with Crippen LogP contribution >= 0.6 is 0 Å². The molecule has 0 amide bonds. The topological polar surface area (TPSA) is 72.1 Å². The number of hydrogen-bond acceptors (Lipinski definition) is 6. The van der Waals surface area contributed by atoms with E-state index in [-0.39, 0.29) is 11.6 Å². The van der Waals surface area contributed by atoms with Crippen molar-refractivity contribution in [2.75, 3.05) is 38.6 Å². The largest absolute Gasteiger partial charge is 0.354 e. The quantitative estimate of drug-likeness (QED) is 0.763. The molecule has 1 saturated heterocycles. The third-order valence-corrected chi connectivity index (χ3v) is 5.16. The molecular formula is C19H31N7O. The van der Waals surface area contributed by atoms with Gasteiger partial charge in [-0.05, 0) is 47.7 Å². The lowest BCUT2D eigenvalue weighted by molar-refractivity contribution is 0.367. The van der Waals surface area contributed by atoms with Crippen molar-refractivity contribution in [3.63, 3.8) is 0 Å².